The highest BCUT2D eigenvalue weighted by Crippen LogP contribution is 2.40. The largest absolute Gasteiger partial charge is 0.506 e. The summed E-state index contributed by atoms with van der Waals surface area (Å²) >= 11 is 0. The van der Waals surface area contributed by atoms with Gasteiger partial charge in [0, 0.05) is 0 Å². The van der Waals surface area contributed by atoms with Crippen molar-refractivity contribution in [3.05, 3.63) is 58.7 Å². The normalized spacial score (nSPS) is 13.6. The highest BCUT2D eigenvalue weighted by atomic mass is 32.3. The van der Waals surface area contributed by atoms with Gasteiger partial charge in [-0.15, -0.1) is 0 Å². The molecule has 0 aromatic heterocycles. The zero-order valence-electron chi connectivity index (χ0n) is 22.2. The Balaban J connectivity index is 2.36. The van der Waals surface area contributed by atoms with Crippen molar-refractivity contribution in [2.75, 3.05) is 0 Å². The van der Waals surface area contributed by atoms with Gasteiger partial charge in [0.1, 0.15) is 11.5 Å². The minimum atomic E-state index is -6.28. The molecule has 0 heterocycles. The minimum Gasteiger partial charge on any atom is -0.426 e. The van der Waals surface area contributed by atoms with Crippen LogP contribution in [0.15, 0.2) is 36.4 Å². The predicted octanol–water partition coefficient (Wildman–Crippen LogP) is 5.82. The molecule has 0 bridgehead atoms. The van der Waals surface area contributed by atoms with Crippen LogP contribution in [0.25, 0.3) is 0 Å². The lowest BCUT2D eigenvalue weighted by Gasteiger charge is -2.23. The van der Waals surface area contributed by atoms with Crippen molar-refractivity contribution in [1.29, 1.82) is 0 Å². The van der Waals surface area contributed by atoms with Gasteiger partial charge in [-0.2, -0.15) is 25.6 Å². The highest BCUT2D eigenvalue weighted by Gasteiger charge is 2.60. The molecule has 0 aliphatic rings. The fourth-order valence-electron chi connectivity index (χ4n) is 3.52. The number of aryl methyl sites for hydroxylation is 2. The van der Waals surface area contributed by atoms with Gasteiger partial charge in [0.15, 0.2) is 0 Å². The lowest BCUT2D eigenvalue weighted by atomic mass is 9.90. The molecule has 2 rings (SSSR count). The van der Waals surface area contributed by atoms with Crippen LogP contribution in [-0.4, -0.2) is 31.9 Å². The monoisotopic (exact) mass is 576 g/mol. The molecule has 0 amide bonds. The summed E-state index contributed by atoms with van der Waals surface area (Å²) in [6.45, 7) is 10.5. The number of carbonyl (C=O) groups excluding carboxylic acids is 1. The van der Waals surface area contributed by atoms with E-state index in [0.29, 0.717) is 36.1 Å². The van der Waals surface area contributed by atoms with E-state index in [1.165, 1.54) is 0 Å². The van der Waals surface area contributed by atoms with E-state index >= 15 is 0 Å². The topological polar surface area (TPSA) is 124 Å². The van der Waals surface area contributed by atoms with Crippen LogP contribution in [-0.2, 0) is 37.9 Å². The zero-order valence-corrected chi connectivity index (χ0v) is 23.8. The lowest BCUT2D eigenvalue weighted by molar-refractivity contribution is -0.138. The van der Waals surface area contributed by atoms with Crippen LogP contribution >= 0.6 is 0 Å². The van der Waals surface area contributed by atoms with Crippen molar-refractivity contribution in [2.24, 2.45) is 5.92 Å². The van der Waals surface area contributed by atoms with Crippen molar-refractivity contribution in [3.8, 4) is 11.5 Å². The van der Waals surface area contributed by atoms with Crippen molar-refractivity contribution in [1.82, 2.24) is 0 Å². The summed E-state index contributed by atoms with van der Waals surface area (Å²) in [5, 5.41) is 0. The van der Waals surface area contributed by atoms with E-state index in [1.54, 1.807) is 58.9 Å². The summed E-state index contributed by atoms with van der Waals surface area (Å²) in [7, 11) is -12.4. The molecule has 8 nitrogen and oxygen atoms in total. The average molecular weight is 577 g/mol. The summed E-state index contributed by atoms with van der Waals surface area (Å²) in [5.74, 6) is -1.18. The number of halogens is 2. The number of hydrogen-bond donors (Lipinski definition) is 1. The van der Waals surface area contributed by atoms with E-state index in [9.17, 15) is 30.4 Å². The lowest BCUT2D eigenvalue weighted by Crippen LogP contribution is -2.40. The maximum absolute atomic E-state index is 14.0. The molecule has 0 aliphatic carbocycles. The van der Waals surface area contributed by atoms with Gasteiger partial charge in [0.25, 0.3) is 0 Å². The molecule has 0 spiro atoms. The second-order valence-corrected chi connectivity index (χ2v) is 13.1. The Hall–Kier alpha value is -2.57. The minimum absolute atomic E-state index is 0.207. The molecule has 0 saturated heterocycles. The van der Waals surface area contributed by atoms with Crippen LogP contribution in [0.3, 0.4) is 0 Å². The Labute approximate surface area is 223 Å². The van der Waals surface area contributed by atoms with Gasteiger partial charge in [-0.25, -0.2) is 0 Å². The Bertz CT molecular complexity index is 1320. The SMILES string of the molecule is CCC(C)C(=O)Oc1ccc(CCc2cc(C(C)C)c(OS(=O)(=O)C(F)(F)S(=O)(=O)O)c(C(C)C)c2)cc1. The first kappa shape index (κ1) is 31.6. The summed E-state index contributed by atoms with van der Waals surface area (Å²) in [6.07, 6.45) is 1.76. The molecule has 2 aromatic rings. The van der Waals surface area contributed by atoms with Crippen LogP contribution in [0.1, 0.15) is 82.1 Å². The first-order chi connectivity index (χ1) is 17.4. The summed E-state index contributed by atoms with van der Waals surface area (Å²) < 4.78 is 87.9. The van der Waals surface area contributed by atoms with Gasteiger partial charge in [0.05, 0.1) is 5.92 Å². The van der Waals surface area contributed by atoms with E-state index in [2.05, 4.69) is 0 Å². The van der Waals surface area contributed by atoms with Gasteiger partial charge < -0.3 is 8.92 Å². The van der Waals surface area contributed by atoms with Crippen LogP contribution in [0, 0.1) is 5.92 Å². The van der Waals surface area contributed by atoms with E-state index in [-0.39, 0.29) is 29.5 Å². The van der Waals surface area contributed by atoms with E-state index in [4.69, 9.17) is 13.5 Å². The van der Waals surface area contributed by atoms with E-state index in [1.807, 2.05) is 19.1 Å². The molecule has 12 heteroatoms. The third kappa shape index (κ3) is 7.29. The summed E-state index contributed by atoms with van der Waals surface area (Å²) in [6, 6.07) is 10.3. The summed E-state index contributed by atoms with van der Waals surface area (Å²) in [5.41, 5.74) is 2.33. The Morgan fingerprint density at radius 1 is 0.895 bits per heavy atom. The molecule has 0 aliphatic heterocycles. The quantitative estimate of drug-likeness (QED) is 0.145. The fraction of sp³-hybridized carbons (Fsp3) is 0.500. The van der Waals surface area contributed by atoms with Crippen LogP contribution < -0.4 is 8.92 Å². The van der Waals surface area contributed by atoms with Gasteiger partial charge in [0.2, 0.25) is 0 Å². The van der Waals surface area contributed by atoms with Crippen molar-refractivity contribution in [3.63, 3.8) is 0 Å². The molecule has 1 unspecified atom stereocenters. The zero-order chi connectivity index (χ0) is 29.1. The van der Waals surface area contributed by atoms with Crippen LogP contribution in [0.4, 0.5) is 8.78 Å². The molecule has 0 saturated carbocycles. The predicted molar refractivity (Wildman–Crippen MR) is 140 cm³/mol. The standard InChI is InChI=1S/C26H34F2O8S2/c1-7-18(6)25(29)35-21-12-10-19(11-13-21)8-9-20-14-22(16(2)3)24(23(15-20)17(4)5)36-38(33,34)26(27,28)37(30,31)32/h10-18H,7-9H2,1-6H3,(H,30,31,32). The van der Waals surface area contributed by atoms with Gasteiger partial charge in [-0.1, -0.05) is 65.8 Å². The molecule has 38 heavy (non-hydrogen) atoms. The number of esters is 1. The Morgan fingerprint density at radius 2 is 1.37 bits per heavy atom. The number of hydrogen-bond acceptors (Lipinski definition) is 7. The first-order valence-corrected chi connectivity index (χ1v) is 15.0. The van der Waals surface area contributed by atoms with Crippen molar-refractivity contribution in [2.45, 2.75) is 77.2 Å². The maximum atomic E-state index is 14.0. The number of rotatable bonds is 12. The maximum Gasteiger partial charge on any atom is 0.506 e. The smallest absolute Gasteiger partial charge is 0.426 e. The number of ether oxygens (including phenoxy) is 1. The second-order valence-electron chi connectivity index (χ2n) is 9.76. The van der Waals surface area contributed by atoms with Crippen LogP contribution in [0.5, 0.6) is 11.5 Å². The average Bonchev–Trinajstić information content (AvgIpc) is 2.82. The number of alkyl halides is 2. The van der Waals surface area contributed by atoms with E-state index in [0.717, 1.165) is 11.1 Å². The van der Waals surface area contributed by atoms with Crippen molar-refractivity contribution >= 4 is 26.2 Å². The first-order valence-electron chi connectivity index (χ1n) is 12.2. The Kier molecular flexibility index (Phi) is 10.1. The van der Waals surface area contributed by atoms with Gasteiger partial charge in [-0.3, -0.25) is 9.35 Å². The van der Waals surface area contributed by atoms with Crippen molar-refractivity contribution < 1.29 is 43.9 Å². The third-order valence-corrected chi connectivity index (χ3v) is 8.91. The molecule has 0 radical (unpaired) electrons. The highest BCUT2D eigenvalue weighted by molar-refractivity contribution is 8.05. The molecule has 1 atom stereocenters. The Morgan fingerprint density at radius 3 is 1.79 bits per heavy atom. The molecule has 1 N–H and O–H groups in total. The molecule has 2 aromatic carbocycles. The van der Waals surface area contributed by atoms with Gasteiger partial charge >= 0.3 is 30.8 Å². The molecule has 212 valence electrons. The third-order valence-electron chi connectivity index (χ3n) is 6.09. The fourth-order valence-corrected chi connectivity index (χ4v) is 5.16. The van der Waals surface area contributed by atoms with E-state index < -0.39 is 24.8 Å². The second kappa shape index (κ2) is 12.1. The summed E-state index contributed by atoms with van der Waals surface area (Å²) in [4.78, 5) is 12.0. The number of carbonyl (C=O) groups is 1. The molecular weight excluding hydrogens is 542 g/mol. The molecular formula is C26H34F2O8S2. The number of benzene rings is 2. The van der Waals surface area contributed by atoms with Gasteiger partial charge in [-0.05, 0) is 65.5 Å². The van der Waals surface area contributed by atoms with Crippen LogP contribution in [0.2, 0.25) is 0 Å². The molecule has 0 fully saturated rings.